The zero-order valence-electron chi connectivity index (χ0n) is 21.2. The second kappa shape index (κ2) is 13.1. The molecule has 1 saturated heterocycles. The van der Waals surface area contributed by atoms with E-state index in [1.54, 1.807) is 29.2 Å². The molecule has 1 aliphatic rings. The van der Waals surface area contributed by atoms with Gasteiger partial charge in [0.05, 0.1) is 18.2 Å². The molecule has 1 N–H and O–H groups in total. The highest BCUT2D eigenvalue weighted by Gasteiger charge is 2.45. The number of unbranched alkanes of at least 4 members (excludes halogenated alkanes) is 2. The first-order valence-electron chi connectivity index (χ1n) is 12.8. The molecule has 0 spiro atoms. The Hall–Kier alpha value is -3.12. The van der Waals surface area contributed by atoms with E-state index in [2.05, 4.69) is 25.7 Å². The number of likely N-dealkylation sites (tertiary alicyclic amines) is 1. The highest BCUT2D eigenvalue weighted by Crippen LogP contribution is 2.40. The van der Waals surface area contributed by atoms with Crippen LogP contribution in [0.3, 0.4) is 0 Å². The first kappa shape index (κ1) is 26.5. The number of benzene rings is 2. The molecule has 1 amide bonds. The minimum absolute atomic E-state index is 0.132. The molecule has 3 rings (SSSR count). The zero-order chi connectivity index (χ0) is 25.2. The predicted molar refractivity (Wildman–Crippen MR) is 139 cm³/mol. The number of aliphatic hydroxyl groups is 1. The quantitative estimate of drug-likeness (QED) is 0.180. The van der Waals surface area contributed by atoms with Gasteiger partial charge in [-0.05, 0) is 50.2 Å². The zero-order valence-corrected chi connectivity index (χ0v) is 21.2. The second-order valence-corrected chi connectivity index (χ2v) is 8.87. The number of carbonyl (C=O) groups excluding carboxylic acids is 2. The Kier molecular flexibility index (Phi) is 9.91. The molecule has 0 aromatic heterocycles. The number of ether oxygens (including phenoxy) is 1. The van der Waals surface area contributed by atoms with Gasteiger partial charge in [0.2, 0.25) is 0 Å². The summed E-state index contributed by atoms with van der Waals surface area (Å²) in [7, 11) is 0. The van der Waals surface area contributed by atoms with Crippen molar-refractivity contribution in [2.45, 2.75) is 52.5 Å². The lowest BCUT2D eigenvalue weighted by atomic mass is 9.95. The molecule has 1 fully saturated rings. The minimum atomic E-state index is -0.661. The van der Waals surface area contributed by atoms with Gasteiger partial charge in [0.15, 0.2) is 0 Å². The SMILES string of the molecule is CCCCCOc1cccc(C2C(=C(O)c3ccccc3)C(=O)C(=O)N2CCCN(CC)CC)c1. The summed E-state index contributed by atoms with van der Waals surface area (Å²) in [6.07, 6.45) is 3.93. The standard InChI is InChI=1S/C29H38N2O4/c1-4-7-11-20-35-24-17-12-16-23(21-24)26-25(27(32)22-14-9-8-10-15-22)28(33)29(34)31(26)19-13-18-30(5-2)6-3/h8-10,12,14-17,21,26,32H,4-7,11,13,18-20H2,1-3H3. The molecule has 2 aromatic rings. The molecule has 6 nitrogen and oxygen atoms in total. The first-order chi connectivity index (χ1) is 17.0. The largest absolute Gasteiger partial charge is 0.507 e. The van der Waals surface area contributed by atoms with Crippen molar-refractivity contribution in [3.8, 4) is 5.75 Å². The summed E-state index contributed by atoms with van der Waals surface area (Å²) in [6, 6.07) is 15.8. The highest BCUT2D eigenvalue weighted by molar-refractivity contribution is 6.46. The molecule has 1 heterocycles. The topological polar surface area (TPSA) is 70.1 Å². The summed E-state index contributed by atoms with van der Waals surface area (Å²) in [6.45, 7) is 10.1. The van der Waals surface area contributed by atoms with Crippen LogP contribution in [0, 0.1) is 0 Å². The maximum Gasteiger partial charge on any atom is 0.295 e. The average molecular weight is 479 g/mol. The van der Waals surface area contributed by atoms with Gasteiger partial charge in [0.25, 0.3) is 11.7 Å². The van der Waals surface area contributed by atoms with Crippen molar-refractivity contribution >= 4 is 17.4 Å². The van der Waals surface area contributed by atoms with Crippen molar-refractivity contribution < 1.29 is 19.4 Å². The molecule has 1 unspecified atom stereocenters. The van der Waals surface area contributed by atoms with Gasteiger partial charge in [0.1, 0.15) is 11.5 Å². The van der Waals surface area contributed by atoms with Crippen LogP contribution in [0.25, 0.3) is 5.76 Å². The third-order valence-electron chi connectivity index (χ3n) is 6.55. The van der Waals surface area contributed by atoms with Crippen molar-refractivity contribution in [2.24, 2.45) is 0 Å². The summed E-state index contributed by atoms with van der Waals surface area (Å²) in [4.78, 5) is 30.3. The fraction of sp³-hybridized carbons (Fsp3) is 0.448. The molecule has 0 radical (unpaired) electrons. The Labute approximate surface area is 209 Å². The fourth-order valence-corrected chi connectivity index (χ4v) is 4.53. The molecule has 6 heteroatoms. The molecular weight excluding hydrogens is 440 g/mol. The van der Waals surface area contributed by atoms with Gasteiger partial charge in [-0.25, -0.2) is 0 Å². The van der Waals surface area contributed by atoms with E-state index in [-0.39, 0.29) is 11.3 Å². The van der Waals surface area contributed by atoms with Gasteiger partial charge in [-0.3, -0.25) is 9.59 Å². The number of ketones is 1. The van der Waals surface area contributed by atoms with E-state index in [0.717, 1.165) is 50.9 Å². The fourth-order valence-electron chi connectivity index (χ4n) is 4.53. The molecule has 35 heavy (non-hydrogen) atoms. The van der Waals surface area contributed by atoms with Crippen LogP contribution in [0.1, 0.15) is 63.6 Å². The lowest BCUT2D eigenvalue weighted by Gasteiger charge is -2.27. The van der Waals surface area contributed by atoms with Crippen LogP contribution in [0.4, 0.5) is 0 Å². The number of hydrogen-bond acceptors (Lipinski definition) is 5. The van der Waals surface area contributed by atoms with Crippen LogP contribution in [0.5, 0.6) is 5.75 Å². The second-order valence-electron chi connectivity index (χ2n) is 8.87. The van der Waals surface area contributed by atoms with Gasteiger partial charge in [-0.1, -0.05) is 76.1 Å². The Bertz CT molecular complexity index is 1010. The predicted octanol–water partition coefficient (Wildman–Crippen LogP) is 5.41. The van der Waals surface area contributed by atoms with Crippen LogP contribution in [-0.4, -0.2) is 59.4 Å². The Morgan fingerprint density at radius 3 is 2.40 bits per heavy atom. The van der Waals surface area contributed by atoms with E-state index in [0.29, 0.717) is 24.5 Å². The van der Waals surface area contributed by atoms with Crippen LogP contribution in [-0.2, 0) is 9.59 Å². The van der Waals surface area contributed by atoms with Crippen molar-refractivity contribution in [3.05, 3.63) is 71.3 Å². The maximum atomic E-state index is 13.2. The van der Waals surface area contributed by atoms with Crippen molar-refractivity contribution in [1.82, 2.24) is 9.80 Å². The van der Waals surface area contributed by atoms with Crippen LogP contribution in [0.15, 0.2) is 60.2 Å². The molecule has 1 aliphatic heterocycles. The molecule has 0 bridgehead atoms. The van der Waals surface area contributed by atoms with E-state index in [4.69, 9.17) is 4.74 Å². The molecule has 0 saturated carbocycles. The molecular formula is C29H38N2O4. The van der Waals surface area contributed by atoms with E-state index >= 15 is 0 Å². The van der Waals surface area contributed by atoms with Crippen molar-refractivity contribution in [1.29, 1.82) is 0 Å². The lowest BCUT2D eigenvalue weighted by Crippen LogP contribution is -2.33. The minimum Gasteiger partial charge on any atom is -0.507 e. The number of hydrogen-bond donors (Lipinski definition) is 1. The number of aliphatic hydroxyl groups excluding tert-OH is 1. The van der Waals surface area contributed by atoms with Crippen molar-refractivity contribution in [2.75, 3.05) is 32.8 Å². The third kappa shape index (κ3) is 6.51. The summed E-state index contributed by atoms with van der Waals surface area (Å²) in [5.74, 6) is -0.656. The Morgan fingerprint density at radius 1 is 0.971 bits per heavy atom. The number of Topliss-reactive ketones (excluding diaryl/α,β-unsaturated/α-hetero) is 1. The number of nitrogens with zero attached hydrogens (tertiary/aromatic N) is 2. The van der Waals surface area contributed by atoms with Crippen molar-refractivity contribution in [3.63, 3.8) is 0 Å². The van der Waals surface area contributed by atoms with E-state index in [1.807, 2.05) is 30.3 Å². The van der Waals surface area contributed by atoms with Crippen LogP contribution >= 0.6 is 0 Å². The van der Waals surface area contributed by atoms with E-state index < -0.39 is 17.7 Å². The Morgan fingerprint density at radius 2 is 1.71 bits per heavy atom. The van der Waals surface area contributed by atoms with Gasteiger partial charge in [-0.2, -0.15) is 0 Å². The highest BCUT2D eigenvalue weighted by atomic mass is 16.5. The summed E-state index contributed by atoms with van der Waals surface area (Å²) < 4.78 is 5.95. The maximum absolute atomic E-state index is 13.2. The van der Waals surface area contributed by atoms with Gasteiger partial charge in [0, 0.05) is 12.1 Å². The monoisotopic (exact) mass is 478 g/mol. The van der Waals surface area contributed by atoms with Crippen LogP contribution < -0.4 is 4.74 Å². The molecule has 0 aliphatic carbocycles. The molecule has 188 valence electrons. The Balaban J connectivity index is 1.96. The van der Waals surface area contributed by atoms with E-state index in [9.17, 15) is 14.7 Å². The summed E-state index contributed by atoms with van der Waals surface area (Å²) >= 11 is 0. The summed E-state index contributed by atoms with van der Waals surface area (Å²) in [5, 5.41) is 11.2. The first-order valence-corrected chi connectivity index (χ1v) is 12.8. The van der Waals surface area contributed by atoms with Gasteiger partial charge in [-0.15, -0.1) is 0 Å². The molecule has 1 atom stereocenters. The van der Waals surface area contributed by atoms with Gasteiger partial charge >= 0.3 is 0 Å². The molecule has 2 aromatic carbocycles. The van der Waals surface area contributed by atoms with Crippen LogP contribution in [0.2, 0.25) is 0 Å². The number of amides is 1. The summed E-state index contributed by atoms with van der Waals surface area (Å²) in [5.41, 5.74) is 1.41. The number of carbonyl (C=O) groups is 2. The normalized spacial score (nSPS) is 17.4. The number of rotatable bonds is 13. The average Bonchev–Trinajstić information content (AvgIpc) is 3.14. The third-order valence-corrected chi connectivity index (χ3v) is 6.55. The van der Waals surface area contributed by atoms with Gasteiger partial charge < -0.3 is 19.6 Å². The van der Waals surface area contributed by atoms with E-state index in [1.165, 1.54) is 0 Å². The smallest absolute Gasteiger partial charge is 0.295 e. The lowest BCUT2D eigenvalue weighted by molar-refractivity contribution is -0.140.